The normalized spacial score (nSPS) is 10.8. The lowest BCUT2D eigenvalue weighted by Crippen LogP contribution is -2.15. The molecule has 0 unspecified atom stereocenters. The van der Waals surface area contributed by atoms with Gasteiger partial charge in [0.2, 0.25) is 5.91 Å². The standard InChI is InChI=1S/C27H27BrN4O3S/c1-4-34-22-12-8-21(9-13-22)32-25(16-35-23-10-5-18(2)6-11-23)30-31-27(32)36-17-26(33)29-24-14-7-20(28)15-19(24)3/h5-15H,4,16-17H2,1-3H3,(H,29,33). The second-order valence-electron chi connectivity index (χ2n) is 8.06. The van der Waals surface area contributed by atoms with E-state index in [-0.39, 0.29) is 18.3 Å². The van der Waals surface area contributed by atoms with Gasteiger partial charge >= 0.3 is 0 Å². The van der Waals surface area contributed by atoms with Crippen molar-refractivity contribution in [3.05, 3.63) is 88.2 Å². The summed E-state index contributed by atoms with van der Waals surface area (Å²) >= 11 is 4.77. The monoisotopic (exact) mass is 566 g/mol. The summed E-state index contributed by atoms with van der Waals surface area (Å²) in [6.45, 7) is 6.76. The van der Waals surface area contributed by atoms with Crippen LogP contribution in [0.4, 0.5) is 5.69 Å². The van der Waals surface area contributed by atoms with Gasteiger partial charge in [0, 0.05) is 15.8 Å². The van der Waals surface area contributed by atoms with E-state index >= 15 is 0 Å². The summed E-state index contributed by atoms with van der Waals surface area (Å²) in [6.07, 6.45) is 0. The predicted molar refractivity (Wildman–Crippen MR) is 146 cm³/mol. The molecule has 1 amide bonds. The average molecular weight is 568 g/mol. The Morgan fingerprint density at radius 1 is 0.972 bits per heavy atom. The van der Waals surface area contributed by atoms with Crippen molar-refractivity contribution in [2.75, 3.05) is 17.7 Å². The van der Waals surface area contributed by atoms with Crippen molar-refractivity contribution in [2.45, 2.75) is 32.5 Å². The summed E-state index contributed by atoms with van der Waals surface area (Å²) in [5, 5.41) is 12.3. The lowest BCUT2D eigenvalue weighted by Gasteiger charge is -2.12. The number of anilines is 1. The molecule has 1 aromatic heterocycles. The average Bonchev–Trinajstić information content (AvgIpc) is 3.27. The number of ether oxygens (including phenoxy) is 2. The van der Waals surface area contributed by atoms with Crippen molar-refractivity contribution in [3.8, 4) is 17.2 Å². The van der Waals surface area contributed by atoms with E-state index in [1.807, 2.05) is 92.1 Å². The molecular weight excluding hydrogens is 540 g/mol. The highest BCUT2D eigenvalue weighted by atomic mass is 79.9. The van der Waals surface area contributed by atoms with Crippen LogP contribution in [0.5, 0.6) is 11.5 Å². The van der Waals surface area contributed by atoms with E-state index in [9.17, 15) is 4.79 Å². The van der Waals surface area contributed by atoms with Crippen LogP contribution >= 0.6 is 27.7 Å². The Morgan fingerprint density at radius 3 is 2.36 bits per heavy atom. The van der Waals surface area contributed by atoms with E-state index < -0.39 is 0 Å². The van der Waals surface area contributed by atoms with Crippen LogP contribution in [0.3, 0.4) is 0 Å². The van der Waals surface area contributed by atoms with Crippen LogP contribution in [0.2, 0.25) is 0 Å². The fourth-order valence-corrected chi connectivity index (χ4v) is 4.72. The molecule has 0 atom stereocenters. The molecule has 4 rings (SSSR count). The third kappa shape index (κ3) is 6.67. The van der Waals surface area contributed by atoms with Gasteiger partial charge in [0.15, 0.2) is 11.0 Å². The molecule has 0 saturated carbocycles. The second-order valence-corrected chi connectivity index (χ2v) is 9.92. The molecule has 186 valence electrons. The number of carbonyl (C=O) groups is 1. The molecule has 1 N–H and O–H groups in total. The predicted octanol–water partition coefficient (Wildman–Crippen LogP) is 6.36. The maximum atomic E-state index is 12.7. The summed E-state index contributed by atoms with van der Waals surface area (Å²) in [5.41, 5.74) is 3.78. The van der Waals surface area contributed by atoms with Gasteiger partial charge < -0.3 is 14.8 Å². The first-order chi connectivity index (χ1) is 17.4. The van der Waals surface area contributed by atoms with Gasteiger partial charge in [0.05, 0.1) is 12.4 Å². The topological polar surface area (TPSA) is 78.3 Å². The van der Waals surface area contributed by atoms with Crippen molar-refractivity contribution in [2.24, 2.45) is 0 Å². The van der Waals surface area contributed by atoms with Crippen molar-refractivity contribution in [1.29, 1.82) is 0 Å². The van der Waals surface area contributed by atoms with Gasteiger partial charge in [0.1, 0.15) is 18.1 Å². The maximum absolute atomic E-state index is 12.7. The van der Waals surface area contributed by atoms with Gasteiger partial charge in [-0.1, -0.05) is 45.4 Å². The third-order valence-electron chi connectivity index (χ3n) is 5.29. The fourth-order valence-electron chi connectivity index (χ4n) is 3.47. The van der Waals surface area contributed by atoms with Gasteiger partial charge in [-0.05, 0) is 80.9 Å². The number of rotatable bonds is 10. The minimum absolute atomic E-state index is 0.121. The van der Waals surface area contributed by atoms with Gasteiger partial charge in [-0.3, -0.25) is 9.36 Å². The smallest absolute Gasteiger partial charge is 0.234 e. The van der Waals surface area contributed by atoms with Gasteiger partial charge in [0.25, 0.3) is 0 Å². The summed E-state index contributed by atoms with van der Waals surface area (Å²) in [5.74, 6) is 2.23. The first-order valence-corrected chi connectivity index (χ1v) is 13.3. The summed E-state index contributed by atoms with van der Waals surface area (Å²) in [7, 11) is 0. The van der Waals surface area contributed by atoms with Crippen LogP contribution in [0.25, 0.3) is 5.69 Å². The molecule has 7 nitrogen and oxygen atoms in total. The third-order valence-corrected chi connectivity index (χ3v) is 6.71. The number of hydrogen-bond donors (Lipinski definition) is 1. The highest BCUT2D eigenvalue weighted by Crippen LogP contribution is 2.26. The minimum atomic E-state index is -0.121. The molecule has 36 heavy (non-hydrogen) atoms. The Bertz CT molecular complexity index is 1320. The Hall–Kier alpha value is -3.30. The zero-order chi connectivity index (χ0) is 25.5. The number of carbonyl (C=O) groups excluding carboxylic acids is 1. The second kappa shape index (κ2) is 12.1. The lowest BCUT2D eigenvalue weighted by atomic mass is 10.2. The first-order valence-electron chi connectivity index (χ1n) is 11.5. The summed E-state index contributed by atoms with van der Waals surface area (Å²) in [6, 6.07) is 21.3. The van der Waals surface area contributed by atoms with Crippen LogP contribution in [0.15, 0.2) is 76.4 Å². The molecule has 0 aliphatic heterocycles. The van der Waals surface area contributed by atoms with Gasteiger partial charge in [-0.25, -0.2) is 0 Å². The Morgan fingerprint density at radius 2 is 1.67 bits per heavy atom. The molecule has 1 heterocycles. The van der Waals surface area contributed by atoms with E-state index in [0.717, 1.165) is 38.5 Å². The van der Waals surface area contributed by atoms with E-state index in [1.165, 1.54) is 11.8 Å². The fraction of sp³-hybridized carbons (Fsp3) is 0.222. The van der Waals surface area contributed by atoms with Crippen molar-refractivity contribution in [1.82, 2.24) is 14.8 Å². The van der Waals surface area contributed by atoms with Gasteiger partial charge in [-0.2, -0.15) is 0 Å². The number of aromatic nitrogens is 3. The van der Waals surface area contributed by atoms with Crippen LogP contribution in [0, 0.1) is 13.8 Å². The van der Waals surface area contributed by atoms with E-state index in [4.69, 9.17) is 9.47 Å². The highest BCUT2D eigenvalue weighted by molar-refractivity contribution is 9.10. The Kier molecular flexibility index (Phi) is 8.66. The number of thioether (sulfide) groups is 1. The molecule has 3 aromatic carbocycles. The molecule has 0 saturated heterocycles. The number of nitrogens with one attached hydrogen (secondary N) is 1. The zero-order valence-electron chi connectivity index (χ0n) is 20.3. The van der Waals surface area contributed by atoms with Crippen molar-refractivity contribution >= 4 is 39.3 Å². The number of nitrogens with zero attached hydrogens (tertiary/aromatic N) is 3. The van der Waals surface area contributed by atoms with Crippen LogP contribution in [-0.4, -0.2) is 33.0 Å². The highest BCUT2D eigenvalue weighted by Gasteiger charge is 2.17. The molecule has 0 fully saturated rings. The Balaban J connectivity index is 1.52. The quantitative estimate of drug-likeness (QED) is 0.225. The number of hydrogen-bond acceptors (Lipinski definition) is 6. The summed E-state index contributed by atoms with van der Waals surface area (Å²) in [4.78, 5) is 12.7. The van der Waals surface area contributed by atoms with Crippen LogP contribution in [0.1, 0.15) is 23.9 Å². The van der Waals surface area contributed by atoms with E-state index in [2.05, 4.69) is 31.4 Å². The van der Waals surface area contributed by atoms with E-state index in [0.29, 0.717) is 17.6 Å². The van der Waals surface area contributed by atoms with E-state index in [1.54, 1.807) is 0 Å². The molecule has 0 aliphatic rings. The maximum Gasteiger partial charge on any atom is 0.234 e. The molecule has 9 heteroatoms. The number of halogens is 1. The molecule has 0 aliphatic carbocycles. The first kappa shape index (κ1) is 25.8. The van der Waals surface area contributed by atoms with Gasteiger partial charge in [-0.15, -0.1) is 10.2 Å². The molecule has 0 radical (unpaired) electrons. The van der Waals surface area contributed by atoms with Crippen molar-refractivity contribution in [3.63, 3.8) is 0 Å². The zero-order valence-corrected chi connectivity index (χ0v) is 22.7. The summed E-state index contributed by atoms with van der Waals surface area (Å²) < 4.78 is 14.4. The minimum Gasteiger partial charge on any atom is -0.494 e. The number of amides is 1. The molecular formula is C27H27BrN4O3S. The molecule has 0 bridgehead atoms. The number of aryl methyl sites for hydroxylation is 2. The SMILES string of the molecule is CCOc1ccc(-n2c(COc3ccc(C)cc3)nnc2SCC(=O)Nc2ccc(Br)cc2C)cc1. The van der Waals surface area contributed by atoms with Crippen molar-refractivity contribution < 1.29 is 14.3 Å². The molecule has 4 aromatic rings. The van der Waals surface area contributed by atoms with Crippen LogP contribution in [-0.2, 0) is 11.4 Å². The van der Waals surface area contributed by atoms with Crippen LogP contribution < -0.4 is 14.8 Å². The molecule has 0 spiro atoms. The Labute approximate surface area is 223 Å². The lowest BCUT2D eigenvalue weighted by molar-refractivity contribution is -0.113. The largest absolute Gasteiger partial charge is 0.494 e. The number of benzene rings is 3.